The summed E-state index contributed by atoms with van der Waals surface area (Å²) in [6.07, 6.45) is 6.71. The van der Waals surface area contributed by atoms with Gasteiger partial charge in [0.1, 0.15) is 16.9 Å². The Bertz CT molecular complexity index is 1510. The normalized spacial score (nSPS) is 11.8. The minimum atomic E-state index is -0.758. The van der Waals surface area contributed by atoms with E-state index in [1.165, 1.54) is 35.6 Å². The molecule has 1 N–H and O–H groups in total. The maximum atomic E-state index is 13.2. The van der Waals surface area contributed by atoms with Crippen molar-refractivity contribution in [3.8, 4) is 28.2 Å². The van der Waals surface area contributed by atoms with Crippen LogP contribution in [0.3, 0.4) is 0 Å². The first kappa shape index (κ1) is 30.5. The Labute approximate surface area is 247 Å². The van der Waals surface area contributed by atoms with E-state index < -0.39 is 23.4 Å². The fraction of sp³-hybridized carbons (Fsp3) is 0.406. The molecule has 0 saturated heterocycles. The smallest absolute Gasteiger partial charge is 0.421 e. The topological polar surface area (TPSA) is 113 Å². The lowest BCUT2D eigenvalue weighted by Gasteiger charge is -2.22. The zero-order chi connectivity index (χ0) is 30.5. The highest BCUT2D eigenvalue weighted by atomic mass is 16.6. The summed E-state index contributed by atoms with van der Waals surface area (Å²) in [6, 6.07) is 15.9. The van der Waals surface area contributed by atoms with Crippen LogP contribution >= 0.6 is 0 Å². The van der Waals surface area contributed by atoms with Crippen LogP contribution in [0.5, 0.6) is 0 Å². The molecule has 0 unspecified atom stereocenters. The maximum Gasteiger partial charge on any atom is 0.421 e. The number of imidazole rings is 1. The quantitative estimate of drug-likeness (QED) is 0.216. The third-order valence-corrected chi connectivity index (χ3v) is 6.19. The van der Waals surface area contributed by atoms with Crippen LogP contribution < -0.4 is 5.32 Å². The van der Waals surface area contributed by atoms with Crippen LogP contribution in [0.4, 0.5) is 15.5 Å². The van der Waals surface area contributed by atoms with Crippen molar-refractivity contribution in [2.24, 2.45) is 0 Å². The number of benzene rings is 2. The molecule has 0 aliphatic carbocycles. The number of aryl methyl sites for hydroxylation is 1. The van der Waals surface area contributed by atoms with Gasteiger partial charge >= 0.3 is 12.2 Å². The van der Waals surface area contributed by atoms with Crippen molar-refractivity contribution in [3.05, 3.63) is 66.5 Å². The number of rotatable bonds is 8. The van der Waals surface area contributed by atoms with E-state index in [1.807, 2.05) is 30.5 Å². The second kappa shape index (κ2) is 12.6. The number of unbranched alkanes of at least 4 members (excludes halogenated alkanes) is 2. The van der Waals surface area contributed by atoms with Gasteiger partial charge in [-0.25, -0.2) is 23.8 Å². The molecule has 42 heavy (non-hydrogen) atoms. The zero-order valence-electron chi connectivity index (χ0n) is 25.5. The lowest BCUT2D eigenvalue weighted by molar-refractivity contribution is 0.0542. The van der Waals surface area contributed by atoms with Crippen LogP contribution in [0.25, 0.3) is 28.2 Å². The highest BCUT2D eigenvalue weighted by molar-refractivity contribution is 5.89. The summed E-state index contributed by atoms with van der Waals surface area (Å²) in [5, 5.41) is 11.2. The van der Waals surface area contributed by atoms with Gasteiger partial charge in [0.25, 0.3) is 0 Å². The van der Waals surface area contributed by atoms with Gasteiger partial charge < -0.3 is 9.47 Å². The van der Waals surface area contributed by atoms with Gasteiger partial charge in [0, 0.05) is 11.1 Å². The molecule has 0 aliphatic heterocycles. The number of amides is 1. The van der Waals surface area contributed by atoms with Crippen molar-refractivity contribution >= 4 is 18.1 Å². The van der Waals surface area contributed by atoms with Gasteiger partial charge in [-0.05, 0) is 72.1 Å². The van der Waals surface area contributed by atoms with Crippen molar-refractivity contribution in [2.45, 2.75) is 85.4 Å². The minimum absolute atomic E-state index is 0.00474. The van der Waals surface area contributed by atoms with Crippen molar-refractivity contribution in [2.75, 3.05) is 5.32 Å². The van der Waals surface area contributed by atoms with Crippen LogP contribution in [0.15, 0.2) is 60.9 Å². The van der Waals surface area contributed by atoms with Gasteiger partial charge in [-0.15, -0.1) is 5.10 Å². The van der Waals surface area contributed by atoms with Gasteiger partial charge in [-0.1, -0.05) is 61.4 Å². The third kappa shape index (κ3) is 8.05. The van der Waals surface area contributed by atoms with E-state index in [9.17, 15) is 9.59 Å². The first-order chi connectivity index (χ1) is 19.8. The Kier molecular flexibility index (Phi) is 9.14. The number of nitrogens with one attached hydrogen (secondary N) is 1. The summed E-state index contributed by atoms with van der Waals surface area (Å²) in [5.41, 5.74) is 3.56. The molecule has 0 spiro atoms. The number of hydrogen-bond acceptors (Lipinski definition) is 7. The molecule has 0 saturated carbocycles. The average molecular weight is 573 g/mol. The first-order valence-electron chi connectivity index (χ1n) is 14.3. The number of aromatic nitrogens is 5. The molecule has 0 bridgehead atoms. The average Bonchev–Trinajstić information content (AvgIpc) is 3.55. The van der Waals surface area contributed by atoms with E-state index in [1.54, 1.807) is 46.2 Å². The second-order valence-corrected chi connectivity index (χ2v) is 12.2. The number of ether oxygens (including phenoxy) is 2. The zero-order valence-corrected chi connectivity index (χ0v) is 25.5. The Morgan fingerprint density at radius 3 is 2.12 bits per heavy atom. The number of carbonyl (C=O) groups excluding carboxylic acids is 2. The second-order valence-electron chi connectivity index (χ2n) is 12.2. The van der Waals surface area contributed by atoms with Crippen LogP contribution in [0.1, 0.15) is 73.3 Å². The molecule has 0 fully saturated rings. The predicted octanol–water partition coefficient (Wildman–Crippen LogP) is 7.66. The van der Waals surface area contributed by atoms with E-state index in [4.69, 9.17) is 9.47 Å². The molecule has 222 valence electrons. The summed E-state index contributed by atoms with van der Waals surface area (Å²) in [6.45, 7) is 12.8. The lowest BCUT2D eigenvalue weighted by Crippen LogP contribution is -2.31. The highest BCUT2D eigenvalue weighted by Crippen LogP contribution is 2.27. The summed E-state index contributed by atoms with van der Waals surface area (Å²) in [7, 11) is 0. The van der Waals surface area contributed by atoms with Gasteiger partial charge in [-0.3, -0.25) is 5.32 Å². The van der Waals surface area contributed by atoms with Gasteiger partial charge in [-0.2, -0.15) is 0 Å². The van der Waals surface area contributed by atoms with E-state index in [0.29, 0.717) is 11.3 Å². The summed E-state index contributed by atoms with van der Waals surface area (Å²) >= 11 is 0. The molecule has 2 aromatic heterocycles. The fourth-order valence-corrected chi connectivity index (χ4v) is 4.26. The fourth-order valence-electron chi connectivity index (χ4n) is 4.26. The van der Waals surface area contributed by atoms with Crippen molar-refractivity contribution in [1.29, 1.82) is 0 Å². The van der Waals surface area contributed by atoms with E-state index in [-0.39, 0.29) is 5.95 Å². The van der Waals surface area contributed by atoms with Crippen LogP contribution in [-0.4, -0.2) is 47.9 Å². The molecule has 0 aliphatic rings. The molecule has 10 heteroatoms. The molecular weight excluding hydrogens is 532 g/mol. The summed E-state index contributed by atoms with van der Waals surface area (Å²) < 4.78 is 13.9. The Balaban J connectivity index is 1.56. The minimum Gasteiger partial charge on any atom is -0.444 e. The van der Waals surface area contributed by atoms with Gasteiger partial charge in [0.2, 0.25) is 5.95 Å². The van der Waals surface area contributed by atoms with Crippen molar-refractivity contribution in [3.63, 3.8) is 0 Å². The van der Waals surface area contributed by atoms with Gasteiger partial charge in [0.15, 0.2) is 0 Å². The monoisotopic (exact) mass is 572 g/mol. The predicted molar refractivity (Wildman–Crippen MR) is 163 cm³/mol. The van der Waals surface area contributed by atoms with Crippen LogP contribution in [0, 0.1) is 0 Å². The number of carbonyl (C=O) groups is 2. The third-order valence-electron chi connectivity index (χ3n) is 6.19. The molecule has 4 aromatic rings. The molecule has 1 amide bonds. The number of nitrogens with zero attached hydrogens (tertiary/aromatic N) is 5. The van der Waals surface area contributed by atoms with Crippen LogP contribution in [-0.2, 0) is 15.9 Å². The molecule has 10 nitrogen and oxygen atoms in total. The van der Waals surface area contributed by atoms with E-state index in [0.717, 1.165) is 23.4 Å². The first-order valence-corrected chi connectivity index (χ1v) is 14.3. The Morgan fingerprint density at radius 1 is 0.857 bits per heavy atom. The molecule has 2 aromatic carbocycles. The van der Waals surface area contributed by atoms with E-state index >= 15 is 0 Å². The SMILES string of the molecule is CCCCCc1ccc(-c2cn(-c3ccc(-c4cnc(NC(=O)OC(C)(C)C)n4C(=O)OC(C)(C)C)cc3)nn2)cc1. The van der Waals surface area contributed by atoms with E-state index in [2.05, 4.69) is 51.8 Å². The van der Waals surface area contributed by atoms with Crippen molar-refractivity contribution in [1.82, 2.24) is 24.5 Å². The largest absolute Gasteiger partial charge is 0.444 e. The van der Waals surface area contributed by atoms with Gasteiger partial charge in [0.05, 0.1) is 23.8 Å². The number of hydrogen-bond donors (Lipinski definition) is 1. The molecule has 4 rings (SSSR count). The number of anilines is 1. The lowest BCUT2D eigenvalue weighted by atomic mass is 10.0. The Morgan fingerprint density at radius 2 is 1.50 bits per heavy atom. The Hall–Kier alpha value is -4.47. The molecule has 0 atom stereocenters. The van der Waals surface area contributed by atoms with Crippen LogP contribution in [0.2, 0.25) is 0 Å². The summed E-state index contributed by atoms with van der Waals surface area (Å²) in [5.74, 6) is -0.00474. The molecular formula is C32H40N6O4. The molecule has 0 radical (unpaired) electrons. The maximum absolute atomic E-state index is 13.2. The summed E-state index contributed by atoms with van der Waals surface area (Å²) in [4.78, 5) is 29.9. The molecule has 2 heterocycles. The van der Waals surface area contributed by atoms with Crippen molar-refractivity contribution < 1.29 is 19.1 Å². The standard InChI is InChI=1S/C32H40N6O4/c1-8-9-10-11-22-12-14-23(15-13-22)26-21-37(36-35-26)25-18-16-24(17-19-25)27-20-33-28(34-29(39)41-31(2,3)4)38(27)30(40)42-32(5,6)7/h12-21H,8-11H2,1-7H3,(H,33,34,39). The highest BCUT2D eigenvalue weighted by Gasteiger charge is 2.26.